The maximum Gasteiger partial charge on any atom is 0.363 e. The van der Waals surface area contributed by atoms with E-state index in [0.29, 0.717) is 5.06 Å². The molecule has 0 unspecified atom stereocenters. The first kappa shape index (κ1) is 16.6. The Kier molecular flexibility index (Phi) is 3.54. The Bertz CT molecular complexity index is 737. The van der Waals surface area contributed by atoms with Crippen molar-refractivity contribution in [3.05, 3.63) is 34.9 Å². The van der Waals surface area contributed by atoms with Gasteiger partial charge in [0.25, 0.3) is 11.8 Å². The van der Waals surface area contributed by atoms with E-state index in [1.165, 1.54) is 0 Å². The molecule has 0 N–H and O–H groups in total. The first-order chi connectivity index (χ1) is 11.1. The molecule has 0 aromatic heterocycles. The van der Waals surface area contributed by atoms with Gasteiger partial charge in [-0.3, -0.25) is 9.59 Å². The van der Waals surface area contributed by atoms with E-state index in [9.17, 15) is 19.6 Å². The smallest absolute Gasteiger partial charge is 0.325 e. The number of hydrogen-bond acceptors (Lipinski definition) is 5. The number of amides is 2. The Balaban J connectivity index is 1.93. The van der Waals surface area contributed by atoms with Crippen molar-refractivity contribution in [2.75, 3.05) is 0 Å². The van der Waals surface area contributed by atoms with Crippen LogP contribution < -0.4 is 0 Å². The van der Waals surface area contributed by atoms with Gasteiger partial charge in [-0.15, -0.1) is 15.3 Å². The Labute approximate surface area is 139 Å². The zero-order valence-corrected chi connectivity index (χ0v) is 14.1. The number of benzene rings is 1. The molecule has 2 amide bonds. The van der Waals surface area contributed by atoms with E-state index in [4.69, 9.17) is 4.84 Å². The third-order valence-electron chi connectivity index (χ3n) is 4.77. The number of carbonyl (C=O) groups is 3. The van der Waals surface area contributed by atoms with Crippen molar-refractivity contribution >= 4 is 17.8 Å². The molecule has 3 rings (SSSR count). The number of nitrogens with zero attached hydrogens (tertiary/aromatic N) is 2. The van der Waals surface area contributed by atoms with E-state index in [1.54, 1.807) is 32.0 Å². The van der Waals surface area contributed by atoms with Gasteiger partial charge in [0.2, 0.25) is 0 Å². The number of fused-ring (bicyclic) bond motifs is 1. The van der Waals surface area contributed by atoms with Gasteiger partial charge >= 0.3 is 5.97 Å². The highest BCUT2D eigenvalue weighted by atomic mass is 16.7. The Hall–Kier alpha value is -2.25. The first-order valence-electron chi connectivity index (χ1n) is 7.77. The summed E-state index contributed by atoms with van der Waals surface area (Å²) < 4.78 is 0. The van der Waals surface area contributed by atoms with Gasteiger partial charge in [0, 0.05) is 12.8 Å². The molecule has 7 nitrogen and oxygen atoms in total. The molecular formula is C17H19N2O5. The van der Waals surface area contributed by atoms with Crippen molar-refractivity contribution in [1.82, 2.24) is 10.1 Å². The summed E-state index contributed by atoms with van der Waals surface area (Å²) in [6.45, 7) is 7.23. The van der Waals surface area contributed by atoms with E-state index in [0.717, 1.165) is 16.2 Å². The Morgan fingerprint density at radius 1 is 1.00 bits per heavy atom. The summed E-state index contributed by atoms with van der Waals surface area (Å²) in [6, 6.07) is 4.87. The highest BCUT2D eigenvalue weighted by molar-refractivity contribution is 6.02. The van der Waals surface area contributed by atoms with Crippen LogP contribution in [0, 0.1) is 0 Å². The average Bonchev–Trinajstić information content (AvgIpc) is 2.90. The van der Waals surface area contributed by atoms with Gasteiger partial charge in [-0.05, 0) is 51.0 Å². The van der Waals surface area contributed by atoms with Crippen LogP contribution in [-0.4, -0.2) is 27.9 Å². The normalized spacial score (nSPS) is 22.0. The minimum Gasteiger partial charge on any atom is -0.325 e. The maximum atomic E-state index is 12.6. The van der Waals surface area contributed by atoms with Crippen LogP contribution in [0.3, 0.4) is 0 Å². The second-order valence-corrected chi connectivity index (χ2v) is 7.13. The molecule has 24 heavy (non-hydrogen) atoms. The molecule has 1 saturated heterocycles. The van der Waals surface area contributed by atoms with Gasteiger partial charge in [0.05, 0.1) is 16.6 Å². The lowest BCUT2D eigenvalue weighted by molar-refractivity contribution is -0.266. The zero-order chi connectivity index (χ0) is 17.9. The topological polar surface area (TPSA) is 86.8 Å². The van der Waals surface area contributed by atoms with Crippen molar-refractivity contribution < 1.29 is 24.4 Å². The molecule has 0 aliphatic carbocycles. The van der Waals surface area contributed by atoms with E-state index >= 15 is 0 Å². The summed E-state index contributed by atoms with van der Waals surface area (Å²) in [5.41, 5.74) is 0.264. The van der Waals surface area contributed by atoms with Crippen molar-refractivity contribution in [2.24, 2.45) is 0 Å². The second-order valence-electron chi connectivity index (χ2n) is 7.13. The summed E-state index contributed by atoms with van der Waals surface area (Å²) in [6.07, 6.45) is 0.0886. The van der Waals surface area contributed by atoms with Gasteiger partial charge in [0.1, 0.15) is 0 Å². The number of imide groups is 1. The van der Waals surface area contributed by atoms with E-state index in [1.807, 2.05) is 13.8 Å². The molecule has 0 spiro atoms. The fourth-order valence-corrected chi connectivity index (χ4v) is 3.42. The fourth-order valence-electron chi connectivity index (χ4n) is 3.42. The minimum atomic E-state index is -0.797. The van der Waals surface area contributed by atoms with Crippen LogP contribution >= 0.6 is 0 Å². The number of hydroxylamine groups is 4. The molecular weight excluding hydrogens is 312 g/mol. The predicted molar refractivity (Wildman–Crippen MR) is 81.5 cm³/mol. The monoisotopic (exact) mass is 331 g/mol. The molecule has 127 valence electrons. The molecule has 0 saturated carbocycles. The van der Waals surface area contributed by atoms with Gasteiger partial charge in [-0.1, -0.05) is 6.07 Å². The van der Waals surface area contributed by atoms with Gasteiger partial charge in [0.15, 0.2) is 0 Å². The minimum absolute atomic E-state index is 0.0443. The largest absolute Gasteiger partial charge is 0.363 e. The number of carbonyl (C=O) groups excluding carboxylic acids is 3. The first-order valence-corrected chi connectivity index (χ1v) is 7.77. The molecule has 7 heteroatoms. The van der Waals surface area contributed by atoms with Crippen LogP contribution in [0.25, 0.3) is 0 Å². The van der Waals surface area contributed by atoms with Gasteiger partial charge < -0.3 is 4.84 Å². The van der Waals surface area contributed by atoms with Crippen molar-refractivity contribution in [2.45, 2.75) is 51.6 Å². The summed E-state index contributed by atoms with van der Waals surface area (Å²) >= 11 is 0. The molecule has 1 radical (unpaired) electrons. The van der Waals surface area contributed by atoms with E-state index in [-0.39, 0.29) is 18.4 Å². The third kappa shape index (κ3) is 2.23. The van der Waals surface area contributed by atoms with Crippen LogP contribution in [0.1, 0.15) is 62.0 Å². The SMILES string of the molecule is CC1(C)c2ccc(C(=O)ON3C(=O)CCC3=O)cc2C(C)(C)N1[O]. The standard InChI is InChI=1S/C17H19N2O5/c1-16(2)11-6-5-10(9-12(11)17(3,4)19(16)23)15(22)24-18-13(20)7-8-14(18)21/h5-6,9H,7-8H2,1-4H3. The molecule has 1 fully saturated rings. The van der Waals surface area contributed by atoms with Crippen LogP contribution in [0.5, 0.6) is 0 Å². The summed E-state index contributed by atoms with van der Waals surface area (Å²) in [4.78, 5) is 40.3. The van der Waals surface area contributed by atoms with Gasteiger partial charge in [-0.25, -0.2) is 4.79 Å². The predicted octanol–water partition coefficient (Wildman–Crippen LogP) is 2.04. The summed E-state index contributed by atoms with van der Waals surface area (Å²) in [7, 11) is 0. The van der Waals surface area contributed by atoms with Crippen molar-refractivity contribution in [3.63, 3.8) is 0 Å². The van der Waals surface area contributed by atoms with Crippen molar-refractivity contribution in [1.29, 1.82) is 0 Å². The van der Waals surface area contributed by atoms with E-state index in [2.05, 4.69) is 0 Å². The lowest BCUT2D eigenvalue weighted by Crippen LogP contribution is -2.41. The Morgan fingerprint density at radius 3 is 2.12 bits per heavy atom. The number of rotatable bonds is 2. The average molecular weight is 331 g/mol. The van der Waals surface area contributed by atoms with Crippen LogP contribution in [0.4, 0.5) is 0 Å². The van der Waals surface area contributed by atoms with Crippen LogP contribution in [0.2, 0.25) is 0 Å². The van der Waals surface area contributed by atoms with Crippen LogP contribution in [-0.2, 0) is 30.7 Å². The molecule has 1 aromatic carbocycles. The van der Waals surface area contributed by atoms with Crippen molar-refractivity contribution in [3.8, 4) is 0 Å². The summed E-state index contributed by atoms with van der Waals surface area (Å²) in [5.74, 6) is -1.84. The Morgan fingerprint density at radius 2 is 1.54 bits per heavy atom. The zero-order valence-electron chi connectivity index (χ0n) is 14.1. The quantitative estimate of drug-likeness (QED) is 0.774. The highest BCUT2D eigenvalue weighted by Gasteiger charge is 2.50. The molecule has 0 bridgehead atoms. The molecule has 1 aromatic rings. The molecule has 0 atom stereocenters. The lowest BCUT2D eigenvalue weighted by Gasteiger charge is -2.32. The van der Waals surface area contributed by atoms with Crippen LogP contribution in [0.15, 0.2) is 18.2 Å². The second kappa shape index (κ2) is 5.12. The summed E-state index contributed by atoms with van der Waals surface area (Å²) in [5, 5.41) is 14.1. The third-order valence-corrected chi connectivity index (χ3v) is 4.77. The highest BCUT2D eigenvalue weighted by Crippen LogP contribution is 2.48. The maximum absolute atomic E-state index is 12.6. The number of hydrogen-bond donors (Lipinski definition) is 0. The van der Waals surface area contributed by atoms with Gasteiger partial charge in [-0.2, -0.15) is 0 Å². The molecule has 2 heterocycles. The fraction of sp³-hybridized carbons (Fsp3) is 0.471. The molecule has 2 aliphatic heterocycles. The molecule has 2 aliphatic rings. The van der Waals surface area contributed by atoms with E-state index < -0.39 is 28.9 Å². The lowest BCUT2D eigenvalue weighted by atomic mass is 9.89.